The lowest BCUT2D eigenvalue weighted by molar-refractivity contribution is -0.115. The zero-order chi connectivity index (χ0) is 14.4. The summed E-state index contributed by atoms with van der Waals surface area (Å²) in [6, 6.07) is 7.59. The summed E-state index contributed by atoms with van der Waals surface area (Å²) in [6.07, 6.45) is 1.86. The molecule has 6 heteroatoms. The Morgan fingerprint density at radius 2 is 2.35 bits per heavy atom. The number of carbonyl (C=O) groups excluding carboxylic acids is 1. The van der Waals surface area contributed by atoms with Crippen molar-refractivity contribution in [3.63, 3.8) is 0 Å². The topological polar surface area (TPSA) is 62.2 Å². The molecule has 2 rings (SSSR count). The minimum atomic E-state index is -0.192. The molecule has 0 fully saturated rings. The molecule has 0 radical (unpaired) electrons. The van der Waals surface area contributed by atoms with Gasteiger partial charge < -0.3 is 10.4 Å². The second-order valence-corrected chi connectivity index (χ2v) is 5.79. The third-order valence-corrected chi connectivity index (χ3v) is 3.62. The third-order valence-electron chi connectivity index (χ3n) is 2.30. The number of aliphatic hydroxyl groups is 1. The number of thiazole rings is 1. The van der Waals surface area contributed by atoms with E-state index in [1.54, 1.807) is 6.20 Å². The smallest absolute Gasteiger partial charge is 0.230 e. The molecule has 0 atom stereocenters. The fraction of sp³-hybridized carbons (Fsp3) is 0.143. The number of hydrogen-bond acceptors (Lipinski definition) is 4. The maximum atomic E-state index is 11.9. The first-order valence-electron chi connectivity index (χ1n) is 5.77. The molecule has 0 bridgehead atoms. The molecule has 20 heavy (non-hydrogen) atoms. The molecule has 1 heterocycles. The summed E-state index contributed by atoms with van der Waals surface area (Å²) >= 11 is 4.65. The van der Waals surface area contributed by atoms with Crippen molar-refractivity contribution in [2.24, 2.45) is 0 Å². The van der Waals surface area contributed by atoms with E-state index in [1.807, 2.05) is 24.3 Å². The molecule has 0 aliphatic heterocycles. The molecule has 0 aliphatic rings. The summed E-state index contributed by atoms with van der Waals surface area (Å²) in [5.74, 6) is 5.15. The molecule has 4 nitrogen and oxygen atoms in total. The highest BCUT2D eigenvalue weighted by atomic mass is 79.9. The summed E-state index contributed by atoms with van der Waals surface area (Å²) in [5, 5.41) is 11.8. The van der Waals surface area contributed by atoms with Crippen molar-refractivity contribution in [2.45, 2.75) is 6.42 Å². The van der Waals surface area contributed by atoms with Crippen LogP contribution in [0.15, 0.2) is 34.9 Å². The van der Waals surface area contributed by atoms with E-state index in [4.69, 9.17) is 5.11 Å². The maximum absolute atomic E-state index is 11.9. The van der Waals surface area contributed by atoms with Crippen molar-refractivity contribution in [1.82, 2.24) is 4.98 Å². The Morgan fingerprint density at radius 1 is 1.50 bits per heavy atom. The number of rotatable bonds is 3. The van der Waals surface area contributed by atoms with Crippen LogP contribution in [-0.2, 0) is 11.2 Å². The molecule has 0 saturated heterocycles. The van der Waals surface area contributed by atoms with E-state index < -0.39 is 0 Å². The molecule has 0 spiro atoms. The quantitative estimate of drug-likeness (QED) is 0.835. The van der Waals surface area contributed by atoms with Crippen molar-refractivity contribution in [3.8, 4) is 11.8 Å². The van der Waals surface area contributed by atoms with Gasteiger partial charge in [-0.1, -0.05) is 51.2 Å². The van der Waals surface area contributed by atoms with Gasteiger partial charge >= 0.3 is 0 Å². The van der Waals surface area contributed by atoms with Crippen LogP contribution < -0.4 is 5.32 Å². The number of nitrogens with one attached hydrogen (secondary N) is 1. The minimum absolute atomic E-state index is 0.126. The highest BCUT2D eigenvalue weighted by Crippen LogP contribution is 2.18. The first-order valence-corrected chi connectivity index (χ1v) is 7.38. The van der Waals surface area contributed by atoms with Crippen molar-refractivity contribution in [3.05, 3.63) is 45.4 Å². The molecule has 102 valence electrons. The molecule has 2 N–H and O–H groups in total. The average Bonchev–Trinajstić information content (AvgIpc) is 2.83. The standard InChI is InChI=1S/C14H11BrN2O2S/c15-11-4-1-3-10(7-11)8-13(19)17-14-16-9-12(20-14)5-2-6-18/h1,3-4,7,9,18H,6,8H2,(H,16,17,19). The molecule has 0 aliphatic carbocycles. The first-order chi connectivity index (χ1) is 9.67. The Morgan fingerprint density at radius 3 is 3.10 bits per heavy atom. The van der Waals surface area contributed by atoms with Gasteiger partial charge in [-0.2, -0.15) is 0 Å². The predicted molar refractivity (Wildman–Crippen MR) is 82.6 cm³/mol. The van der Waals surface area contributed by atoms with Crippen LogP contribution in [0.2, 0.25) is 0 Å². The number of aliphatic hydroxyl groups excluding tert-OH is 1. The highest BCUT2D eigenvalue weighted by molar-refractivity contribution is 9.10. The second kappa shape index (κ2) is 7.20. The van der Waals surface area contributed by atoms with Crippen LogP contribution in [0.25, 0.3) is 0 Å². The average molecular weight is 351 g/mol. The number of halogens is 1. The van der Waals surface area contributed by atoms with Gasteiger partial charge in [0.25, 0.3) is 0 Å². The molecule has 1 aromatic carbocycles. The first kappa shape index (κ1) is 14.7. The lowest BCUT2D eigenvalue weighted by Crippen LogP contribution is -2.14. The summed E-state index contributed by atoms with van der Waals surface area (Å²) in [7, 11) is 0. The van der Waals surface area contributed by atoms with Gasteiger partial charge in [0, 0.05) is 4.47 Å². The molecule has 1 amide bonds. The monoisotopic (exact) mass is 350 g/mol. The largest absolute Gasteiger partial charge is 0.384 e. The zero-order valence-electron chi connectivity index (χ0n) is 10.4. The molecule has 2 aromatic rings. The summed E-state index contributed by atoms with van der Waals surface area (Å²) < 4.78 is 0.943. The van der Waals surface area contributed by atoms with Gasteiger partial charge in [-0.05, 0) is 17.7 Å². The van der Waals surface area contributed by atoms with Crippen molar-refractivity contribution < 1.29 is 9.90 Å². The van der Waals surface area contributed by atoms with Crippen LogP contribution in [0.3, 0.4) is 0 Å². The lowest BCUT2D eigenvalue weighted by atomic mass is 10.1. The van der Waals surface area contributed by atoms with E-state index in [-0.39, 0.29) is 18.9 Å². The molecular weight excluding hydrogens is 340 g/mol. The van der Waals surface area contributed by atoms with Crippen molar-refractivity contribution in [1.29, 1.82) is 0 Å². The van der Waals surface area contributed by atoms with Crippen LogP contribution in [0, 0.1) is 11.8 Å². The Hall–Kier alpha value is -1.68. The maximum Gasteiger partial charge on any atom is 0.230 e. The number of carbonyl (C=O) groups is 1. The van der Waals surface area contributed by atoms with E-state index >= 15 is 0 Å². The molecular formula is C14H11BrN2O2S. The van der Waals surface area contributed by atoms with E-state index in [0.29, 0.717) is 10.0 Å². The molecule has 1 aromatic heterocycles. The van der Waals surface area contributed by atoms with E-state index in [9.17, 15) is 4.79 Å². The van der Waals surface area contributed by atoms with Gasteiger partial charge in [-0.25, -0.2) is 4.98 Å². The van der Waals surface area contributed by atoms with Gasteiger partial charge in [0.15, 0.2) is 5.13 Å². The Bertz CT molecular complexity index is 673. The number of benzene rings is 1. The Kier molecular flexibility index (Phi) is 5.30. The van der Waals surface area contributed by atoms with Crippen LogP contribution in [0.5, 0.6) is 0 Å². The second-order valence-electron chi connectivity index (χ2n) is 3.84. The Balaban J connectivity index is 1.96. The minimum Gasteiger partial charge on any atom is -0.384 e. The summed E-state index contributed by atoms with van der Waals surface area (Å²) in [4.78, 5) is 16.6. The fourth-order valence-electron chi connectivity index (χ4n) is 1.51. The number of nitrogens with zero attached hydrogens (tertiary/aromatic N) is 1. The van der Waals surface area contributed by atoms with Crippen LogP contribution >= 0.6 is 27.3 Å². The van der Waals surface area contributed by atoms with E-state index in [1.165, 1.54) is 11.3 Å². The van der Waals surface area contributed by atoms with Crippen molar-refractivity contribution in [2.75, 3.05) is 11.9 Å². The Labute approximate surface area is 129 Å². The molecule has 0 saturated carbocycles. The van der Waals surface area contributed by atoms with Gasteiger partial charge in [-0.3, -0.25) is 4.79 Å². The SMILES string of the molecule is O=C(Cc1cccc(Br)c1)Nc1ncc(C#CCO)s1. The lowest BCUT2D eigenvalue weighted by Gasteiger charge is -2.02. The van der Waals surface area contributed by atoms with E-state index in [2.05, 4.69) is 38.1 Å². The van der Waals surface area contributed by atoms with Crippen LogP contribution in [-0.4, -0.2) is 22.6 Å². The third kappa shape index (κ3) is 4.46. The van der Waals surface area contributed by atoms with Crippen LogP contribution in [0.1, 0.15) is 10.4 Å². The predicted octanol–water partition coefficient (Wildman–Crippen LogP) is 2.43. The number of amides is 1. The summed E-state index contributed by atoms with van der Waals surface area (Å²) in [5.41, 5.74) is 0.925. The van der Waals surface area contributed by atoms with Gasteiger partial charge in [0.2, 0.25) is 5.91 Å². The number of hydrogen-bond donors (Lipinski definition) is 2. The van der Waals surface area contributed by atoms with Gasteiger partial charge in [0.1, 0.15) is 6.61 Å². The summed E-state index contributed by atoms with van der Waals surface area (Å²) in [6.45, 7) is -0.192. The normalized spacial score (nSPS) is 9.70. The zero-order valence-corrected chi connectivity index (χ0v) is 12.8. The fourth-order valence-corrected chi connectivity index (χ4v) is 2.67. The van der Waals surface area contributed by atoms with Crippen LogP contribution in [0.4, 0.5) is 5.13 Å². The molecule has 0 unspecified atom stereocenters. The van der Waals surface area contributed by atoms with Gasteiger partial charge in [-0.15, -0.1) is 0 Å². The number of aromatic nitrogens is 1. The highest BCUT2D eigenvalue weighted by Gasteiger charge is 2.07. The van der Waals surface area contributed by atoms with Crippen molar-refractivity contribution >= 4 is 38.3 Å². The number of anilines is 1. The van der Waals surface area contributed by atoms with E-state index in [0.717, 1.165) is 10.0 Å². The van der Waals surface area contributed by atoms with Gasteiger partial charge in [0.05, 0.1) is 17.5 Å².